The Bertz CT molecular complexity index is 538. The maximum atomic E-state index is 5.92. The highest BCUT2D eigenvalue weighted by atomic mass is 35.5. The first-order valence-corrected chi connectivity index (χ1v) is 5.93. The smallest absolute Gasteiger partial charge is 0.131 e. The molecular weight excluding hydrogens is 234 g/mol. The van der Waals surface area contributed by atoms with Crippen molar-refractivity contribution in [3.63, 3.8) is 0 Å². The second-order valence-electron chi connectivity index (χ2n) is 5.21. The van der Waals surface area contributed by atoms with E-state index in [0.717, 1.165) is 16.9 Å². The number of halogens is 1. The molecule has 2 aromatic heterocycles. The molecular formula is C13H16ClN3. The minimum Gasteiger partial charge on any atom is -0.306 e. The van der Waals surface area contributed by atoms with Crippen molar-refractivity contribution in [3.8, 4) is 5.69 Å². The fourth-order valence-electron chi connectivity index (χ4n) is 1.61. The molecule has 2 rings (SSSR count). The van der Waals surface area contributed by atoms with Crippen LogP contribution in [-0.2, 0) is 5.41 Å². The molecule has 0 radical (unpaired) electrons. The summed E-state index contributed by atoms with van der Waals surface area (Å²) in [4.78, 5) is 8.49. The number of aromatic nitrogens is 3. The van der Waals surface area contributed by atoms with Crippen molar-refractivity contribution in [2.24, 2.45) is 0 Å². The Labute approximate surface area is 106 Å². The summed E-state index contributed by atoms with van der Waals surface area (Å²) in [6, 6.07) is 1.85. The van der Waals surface area contributed by atoms with Gasteiger partial charge in [-0.2, -0.15) is 0 Å². The molecule has 0 aliphatic carbocycles. The molecule has 0 N–H and O–H groups in total. The fourth-order valence-corrected chi connectivity index (χ4v) is 1.76. The Kier molecular flexibility index (Phi) is 2.96. The van der Waals surface area contributed by atoms with Gasteiger partial charge in [0, 0.05) is 17.8 Å². The lowest BCUT2D eigenvalue weighted by atomic mass is 9.93. The van der Waals surface area contributed by atoms with Gasteiger partial charge >= 0.3 is 0 Å². The molecule has 0 aliphatic heterocycles. The molecule has 2 heterocycles. The van der Waals surface area contributed by atoms with Crippen LogP contribution < -0.4 is 0 Å². The number of imidazole rings is 1. The molecule has 0 saturated heterocycles. The van der Waals surface area contributed by atoms with E-state index in [1.54, 1.807) is 6.20 Å². The van der Waals surface area contributed by atoms with Gasteiger partial charge in [0.05, 0.1) is 17.7 Å². The molecule has 0 aliphatic rings. The topological polar surface area (TPSA) is 30.7 Å². The lowest BCUT2D eigenvalue weighted by Crippen LogP contribution is -2.11. The lowest BCUT2D eigenvalue weighted by molar-refractivity contribution is 0.572. The summed E-state index contributed by atoms with van der Waals surface area (Å²) >= 11 is 5.92. The van der Waals surface area contributed by atoms with Crippen LogP contribution in [0.1, 0.15) is 32.0 Å². The van der Waals surface area contributed by atoms with E-state index in [4.69, 9.17) is 11.6 Å². The molecule has 17 heavy (non-hydrogen) atoms. The van der Waals surface area contributed by atoms with Gasteiger partial charge < -0.3 is 4.57 Å². The van der Waals surface area contributed by atoms with E-state index in [1.165, 1.54) is 0 Å². The highest BCUT2D eigenvalue weighted by Crippen LogP contribution is 2.23. The lowest BCUT2D eigenvalue weighted by Gasteiger charge is -2.14. The molecule has 0 aromatic carbocycles. The zero-order valence-electron chi connectivity index (χ0n) is 10.5. The Morgan fingerprint density at radius 1 is 1.24 bits per heavy atom. The predicted molar refractivity (Wildman–Crippen MR) is 69.8 cm³/mol. The minimum absolute atomic E-state index is 0.0516. The van der Waals surface area contributed by atoms with Crippen LogP contribution in [0.15, 0.2) is 24.8 Å². The van der Waals surface area contributed by atoms with Gasteiger partial charge in [-0.05, 0) is 18.6 Å². The number of rotatable bonds is 1. The summed E-state index contributed by atoms with van der Waals surface area (Å²) in [7, 11) is 0. The second-order valence-corrected chi connectivity index (χ2v) is 5.60. The van der Waals surface area contributed by atoms with E-state index in [1.807, 2.05) is 30.1 Å². The van der Waals surface area contributed by atoms with E-state index < -0.39 is 0 Å². The molecule has 90 valence electrons. The summed E-state index contributed by atoms with van der Waals surface area (Å²) in [5, 5.41) is 0.497. The zero-order chi connectivity index (χ0) is 12.6. The van der Waals surface area contributed by atoms with Gasteiger partial charge in [-0.1, -0.05) is 32.4 Å². The quantitative estimate of drug-likeness (QED) is 0.724. The summed E-state index contributed by atoms with van der Waals surface area (Å²) in [5.74, 6) is 0. The van der Waals surface area contributed by atoms with Crippen molar-refractivity contribution in [1.82, 2.24) is 14.5 Å². The van der Waals surface area contributed by atoms with Gasteiger partial charge in [0.15, 0.2) is 0 Å². The third-order valence-electron chi connectivity index (χ3n) is 2.67. The monoisotopic (exact) mass is 249 g/mol. The maximum Gasteiger partial charge on any atom is 0.131 e. The average molecular weight is 250 g/mol. The minimum atomic E-state index is 0.0516. The second kappa shape index (κ2) is 4.15. The van der Waals surface area contributed by atoms with Crippen LogP contribution in [0.5, 0.6) is 0 Å². The van der Waals surface area contributed by atoms with Crippen LogP contribution in [0.4, 0.5) is 0 Å². The average Bonchev–Trinajstić information content (AvgIpc) is 2.70. The molecule has 0 atom stereocenters. The van der Waals surface area contributed by atoms with Gasteiger partial charge in [-0.3, -0.25) is 0 Å². The molecule has 3 nitrogen and oxygen atoms in total. The Morgan fingerprint density at radius 2 is 1.94 bits per heavy atom. The maximum absolute atomic E-state index is 5.92. The number of aryl methyl sites for hydroxylation is 1. The predicted octanol–water partition coefficient (Wildman–Crippen LogP) is 3.53. The number of hydrogen-bond acceptors (Lipinski definition) is 2. The molecule has 0 fully saturated rings. The standard InChI is InChI=1S/C13H16ClN3/c1-9-6-15-12(14)5-10(9)17-7-11(16-8-17)13(2,3)4/h5-8H,1-4H3. The van der Waals surface area contributed by atoms with Crippen molar-refractivity contribution in [2.45, 2.75) is 33.1 Å². The van der Waals surface area contributed by atoms with E-state index in [2.05, 4.69) is 30.7 Å². The van der Waals surface area contributed by atoms with E-state index >= 15 is 0 Å². The zero-order valence-corrected chi connectivity index (χ0v) is 11.3. The third-order valence-corrected chi connectivity index (χ3v) is 2.88. The number of pyridine rings is 1. The van der Waals surface area contributed by atoms with Crippen LogP contribution in [-0.4, -0.2) is 14.5 Å². The summed E-state index contributed by atoms with van der Waals surface area (Å²) in [6.07, 6.45) is 5.63. The van der Waals surface area contributed by atoms with Crippen molar-refractivity contribution in [1.29, 1.82) is 0 Å². The van der Waals surface area contributed by atoms with Gasteiger partial charge in [-0.25, -0.2) is 9.97 Å². The van der Waals surface area contributed by atoms with Crippen LogP contribution >= 0.6 is 11.6 Å². The van der Waals surface area contributed by atoms with E-state index in [-0.39, 0.29) is 5.41 Å². The fraction of sp³-hybridized carbons (Fsp3) is 0.385. The molecule has 2 aromatic rings. The Hall–Kier alpha value is -1.35. The van der Waals surface area contributed by atoms with Gasteiger partial charge in [-0.15, -0.1) is 0 Å². The molecule has 0 amide bonds. The Morgan fingerprint density at radius 3 is 2.53 bits per heavy atom. The molecule has 0 spiro atoms. The summed E-state index contributed by atoms with van der Waals surface area (Å²) in [5.41, 5.74) is 3.21. The van der Waals surface area contributed by atoms with Gasteiger partial charge in [0.2, 0.25) is 0 Å². The molecule has 4 heteroatoms. The van der Waals surface area contributed by atoms with Gasteiger partial charge in [0.1, 0.15) is 5.15 Å². The van der Waals surface area contributed by atoms with Crippen molar-refractivity contribution >= 4 is 11.6 Å². The van der Waals surface area contributed by atoms with Crippen LogP contribution in [0, 0.1) is 6.92 Å². The van der Waals surface area contributed by atoms with Crippen molar-refractivity contribution < 1.29 is 0 Å². The number of nitrogens with zero attached hydrogens (tertiary/aromatic N) is 3. The van der Waals surface area contributed by atoms with Crippen LogP contribution in [0.2, 0.25) is 5.15 Å². The first-order valence-electron chi connectivity index (χ1n) is 5.55. The first kappa shape index (κ1) is 12.1. The largest absolute Gasteiger partial charge is 0.306 e. The normalized spacial score (nSPS) is 11.8. The van der Waals surface area contributed by atoms with Crippen molar-refractivity contribution in [3.05, 3.63) is 41.2 Å². The summed E-state index contributed by atoms with van der Waals surface area (Å²) < 4.78 is 1.99. The van der Waals surface area contributed by atoms with E-state index in [9.17, 15) is 0 Å². The molecule has 0 bridgehead atoms. The molecule has 0 saturated carbocycles. The number of hydrogen-bond donors (Lipinski definition) is 0. The highest BCUT2D eigenvalue weighted by molar-refractivity contribution is 6.29. The van der Waals surface area contributed by atoms with Crippen molar-refractivity contribution in [2.75, 3.05) is 0 Å². The van der Waals surface area contributed by atoms with E-state index in [0.29, 0.717) is 5.15 Å². The SMILES string of the molecule is Cc1cnc(Cl)cc1-n1cnc(C(C)(C)C)c1. The van der Waals surface area contributed by atoms with Crippen LogP contribution in [0.25, 0.3) is 5.69 Å². The highest BCUT2D eigenvalue weighted by Gasteiger charge is 2.17. The van der Waals surface area contributed by atoms with Gasteiger partial charge in [0.25, 0.3) is 0 Å². The third kappa shape index (κ3) is 2.50. The van der Waals surface area contributed by atoms with Crippen LogP contribution in [0.3, 0.4) is 0 Å². The Balaban J connectivity index is 2.47. The summed E-state index contributed by atoms with van der Waals surface area (Å²) in [6.45, 7) is 8.44. The first-order chi connectivity index (χ1) is 7.88. The molecule has 0 unspecified atom stereocenters.